The molecule has 0 bridgehead atoms. The van der Waals surface area contributed by atoms with Gasteiger partial charge in [-0.2, -0.15) is 0 Å². The van der Waals surface area contributed by atoms with Crippen molar-refractivity contribution in [3.05, 3.63) is 59.7 Å². The number of hydrogen-bond donors (Lipinski definition) is 1. The van der Waals surface area contributed by atoms with Gasteiger partial charge in [0.2, 0.25) is 5.91 Å². The number of hydrogen-bond acceptors (Lipinski definition) is 5. The number of ether oxygens (including phenoxy) is 1. The van der Waals surface area contributed by atoms with E-state index in [0.29, 0.717) is 36.9 Å². The fourth-order valence-corrected chi connectivity index (χ4v) is 3.90. The minimum absolute atomic E-state index is 0.0256. The lowest BCUT2D eigenvalue weighted by Gasteiger charge is -2.35. The molecule has 0 unspecified atom stereocenters. The second-order valence-corrected chi connectivity index (χ2v) is 6.89. The Kier molecular flexibility index (Phi) is 4.38. The molecule has 1 amide bonds. The van der Waals surface area contributed by atoms with Crippen molar-refractivity contribution in [3.8, 4) is 11.5 Å². The molecule has 3 aromatic rings. The predicted octanol–water partition coefficient (Wildman–Crippen LogP) is 4.09. The molecule has 1 aliphatic rings. The van der Waals surface area contributed by atoms with Gasteiger partial charge in [-0.1, -0.05) is 30.3 Å². The molecular formula is C19H18N2O3S. The van der Waals surface area contributed by atoms with Crippen LogP contribution in [0.25, 0.3) is 11.5 Å². The maximum atomic E-state index is 13.2. The van der Waals surface area contributed by atoms with Crippen LogP contribution in [0, 0.1) is 0 Å². The Hall–Kier alpha value is -2.44. The molecule has 1 fully saturated rings. The third-order valence-electron chi connectivity index (χ3n) is 4.61. The van der Waals surface area contributed by atoms with Crippen molar-refractivity contribution >= 4 is 22.4 Å². The Morgan fingerprint density at radius 3 is 2.64 bits per heavy atom. The van der Waals surface area contributed by atoms with Gasteiger partial charge in [-0.3, -0.25) is 4.79 Å². The van der Waals surface area contributed by atoms with E-state index in [1.807, 2.05) is 47.8 Å². The molecule has 0 aliphatic carbocycles. The molecule has 4 rings (SSSR count). The van der Waals surface area contributed by atoms with Gasteiger partial charge in [0.05, 0.1) is 11.7 Å². The molecular weight excluding hydrogens is 336 g/mol. The highest BCUT2D eigenvalue weighted by molar-refractivity contribution is 7.14. The summed E-state index contributed by atoms with van der Waals surface area (Å²) in [4.78, 5) is 17.6. The zero-order valence-electron chi connectivity index (χ0n) is 13.6. The number of amides is 1. The average molecular weight is 354 g/mol. The average Bonchev–Trinajstić information content (AvgIpc) is 3.34. The largest absolute Gasteiger partial charge is 0.463 e. The Morgan fingerprint density at radius 2 is 1.92 bits per heavy atom. The number of aromatic nitrogens is 1. The minimum Gasteiger partial charge on any atom is -0.463 e. The normalized spacial score (nSPS) is 16.5. The zero-order valence-corrected chi connectivity index (χ0v) is 14.4. The van der Waals surface area contributed by atoms with Crippen LogP contribution < -0.4 is 5.32 Å². The van der Waals surface area contributed by atoms with Crippen LogP contribution in [-0.2, 0) is 14.9 Å². The van der Waals surface area contributed by atoms with Crippen molar-refractivity contribution in [2.24, 2.45) is 0 Å². The number of anilines is 1. The maximum Gasteiger partial charge on any atom is 0.236 e. The Balaban J connectivity index is 1.59. The van der Waals surface area contributed by atoms with E-state index in [0.717, 1.165) is 11.3 Å². The van der Waals surface area contributed by atoms with Crippen molar-refractivity contribution in [2.75, 3.05) is 18.5 Å². The quantitative estimate of drug-likeness (QED) is 0.766. The van der Waals surface area contributed by atoms with Gasteiger partial charge in [0.15, 0.2) is 10.9 Å². The van der Waals surface area contributed by atoms with Gasteiger partial charge < -0.3 is 14.5 Å². The van der Waals surface area contributed by atoms with E-state index in [-0.39, 0.29) is 5.91 Å². The molecule has 1 saturated heterocycles. The Bertz CT molecular complexity index is 837. The molecule has 5 nitrogen and oxygen atoms in total. The first-order valence-electron chi connectivity index (χ1n) is 8.22. The second-order valence-electron chi connectivity index (χ2n) is 6.03. The van der Waals surface area contributed by atoms with Gasteiger partial charge in [0, 0.05) is 18.6 Å². The Morgan fingerprint density at radius 1 is 1.12 bits per heavy atom. The number of carbonyl (C=O) groups excluding carboxylic acids is 1. The van der Waals surface area contributed by atoms with Gasteiger partial charge >= 0.3 is 0 Å². The summed E-state index contributed by atoms with van der Waals surface area (Å²) in [6.45, 7) is 1.16. The van der Waals surface area contributed by atoms with E-state index in [1.54, 1.807) is 6.26 Å². The number of nitrogens with one attached hydrogen (secondary N) is 1. The highest BCUT2D eigenvalue weighted by Gasteiger charge is 2.41. The van der Waals surface area contributed by atoms with Crippen LogP contribution >= 0.6 is 11.3 Å². The fourth-order valence-electron chi connectivity index (χ4n) is 3.21. The standard InChI is InChI=1S/C19H18N2O3S/c22-17(21-18-20-15(13-25-18)16-7-4-10-24-16)19(8-11-23-12-9-19)14-5-2-1-3-6-14/h1-7,10,13H,8-9,11-12H2,(H,20,21,22). The Labute approximate surface area is 149 Å². The lowest BCUT2D eigenvalue weighted by atomic mass is 9.73. The summed E-state index contributed by atoms with van der Waals surface area (Å²) in [5.74, 6) is 0.669. The monoisotopic (exact) mass is 354 g/mol. The van der Waals surface area contributed by atoms with Gasteiger partial charge in [-0.05, 0) is 30.5 Å². The van der Waals surface area contributed by atoms with Crippen LogP contribution in [0.15, 0.2) is 58.5 Å². The predicted molar refractivity (Wildman–Crippen MR) is 96.6 cm³/mol. The van der Waals surface area contributed by atoms with Crippen molar-refractivity contribution in [3.63, 3.8) is 0 Å². The summed E-state index contributed by atoms with van der Waals surface area (Å²) in [5.41, 5.74) is 1.18. The van der Waals surface area contributed by atoms with Crippen molar-refractivity contribution in [1.29, 1.82) is 0 Å². The van der Waals surface area contributed by atoms with E-state index in [9.17, 15) is 4.79 Å². The number of nitrogens with zero attached hydrogens (tertiary/aromatic N) is 1. The third kappa shape index (κ3) is 3.10. The summed E-state index contributed by atoms with van der Waals surface area (Å²) >= 11 is 1.40. The van der Waals surface area contributed by atoms with Crippen LogP contribution in [0.2, 0.25) is 0 Å². The first kappa shape index (κ1) is 16.1. The maximum absolute atomic E-state index is 13.2. The van der Waals surface area contributed by atoms with Crippen LogP contribution in [-0.4, -0.2) is 24.1 Å². The molecule has 0 spiro atoms. The smallest absolute Gasteiger partial charge is 0.236 e. The number of furan rings is 1. The van der Waals surface area contributed by atoms with E-state index in [1.165, 1.54) is 11.3 Å². The molecule has 2 aromatic heterocycles. The second kappa shape index (κ2) is 6.82. The van der Waals surface area contributed by atoms with Crippen molar-refractivity contribution < 1.29 is 13.9 Å². The topological polar surface area (TPSA) is 64.4 Å². The lowest BCUT2D eigenvalue weighted by molar-refractivity contribution is -0.125. The first-order valence-corrected chi connectivity index (χ1v) is 9.10. The summed E-state index contributed by atoms with van der Waals surface area (Å²) in [6, 6.07) is 13.6. The van der Waals surface area contributed by atoms with Crippen LogP contribution in [0.1, 0.15) is 18.4 Å². The third-order valence-corrected chi connectivity index (χ3v) is 5.36. The van der Waals surface area contributed by atoms with Gasteiger partial charge in [-0.15, -0.1) is 11.3 Å². The van der Waals surface area contributed by atoms with E-state index in [2.05, 4.69) is 10.3 Å². The van der Waals surface area contributed by atoms with Crippen molar-refractivity contribution in [2.45, 2.75) is 18.3 Å². The number of rotatable bonds is 4. The van der Waals surface area contributed by atoms with E-state index in [4.69, 9.17) is 9.15 Å². The van der Waals surface area contributed by atoms with Crippen LogP contribution in [0.4, 0.5) is 5.13 Å². The summed E-state index contributed by atoms with van der Waals surface area (Å²) in [7, 11) is 0. The number of thiazole rings is 1. The van der Waals surface area contributed by atoms with Gasteiger partial charge in [0.25, 0.3) is 0 Å². The van der Waals surface area contributed by atoms with E-state index < -0.39 is 5.41 Å². The molecule has 0 atom stereocenters. The number of benzene rings is 1. The first-order chi connectivity index (χ1) is 12.3. The fraction of sp³-hybridized carbons (Fsp3) is 0.263. The molecule has 1 aromatic carbocycles. The molecule has 6 heteroatoms. The van der Waals surface area contributed by atoms with Gasteiger partial charge in [-0.25, -0.2) is 4.98 Å². The summed E-state index contributed by atoms with van der Waals surface area (Å²) in [5, 5.41) is 5.47. The molecule has 3 heterocycles. The van der Waals surface area contributed by atoms with Gasteiger partial charge in [0.1, 0.15) is 5.69 Å². The SMILES string of the molecule is O=C(Nc1nc(-c2ccco2)cs1)C1(c2ccccc2)CCOCC1. The highest BCUT2D eigenvalue weighted by Crippen LogP contribution is 2.36. The van der Waals surface area contributed by atoms with Crippen LogP contribution in [0.3, 0.4) is 0 Å². The molecule has 0 radical (unpaired) electrons. The summed E-state index contributed by atoms with van der Waals surface area (Å²) < 4.78 is 10.9. The molecule has 1 aliphatic heterocycles. The van der Waals surface area contributed by atoms with Crippen LogP contribution in [0.5, 0.6) is 0 Å². The molecule has 25 heavy (non-hydrogen) atoms. The zero-order chi connectivity index (χ0) is 17.1. The molecule has 128 valence electrons. The van der Waals surface area contributed by atoms with E-state index >= 15 is 0 Å². The lowest BCUT2D eigenvalue weighted by Crippen LogP contribution is -2.44. The number of carbonyl (C=O) groups is 1. The molecule has 1 N–H and O–H groups in total. The molecule has 0 saturated carbocycles. The highest BCUT2D eigenvalue weighted by atomic mass is 32.1. The minimum atomic E-state index is -0.573. The summed E-state index contributed by atoms with van der Waals surface area (Å²) in [6.07, 6.45) is 2.94. The van der Waals surface area contributed by atoms with Crippen molar-refractivity contribution in [1.82, 2.24) is 4.98 Å².